The Hall–Kier alpha value is -4.05. The van der Waals surface area contributed by atoms with E-state index in [-0.39, 0.29) is 5.57 Å². The Morgan fingerprint density at radius 2 is 1.81 bits per heavy atom. The molecular weight excluding hydrogens is 456 g/mol. The molecule has 7 nitrogen and oxygen atoms in total. The third kappa shape index (κ3) is 9.67. The third-order valence-electron chi connectivity index (χ3n) is 5.14. The van der Waals surface area contributed by atoms with Gasteiger partial charge in [0.25, 0.3) is 5.91 Å². The van der Waals surface area contributed by atoms with Crippen molar-refractivity contribution in [3.63, 3.8) is 0 Å². The number of benzene rings is 2. The Morgan fingerprint density at radius 3 is 2.44 bits per heavy atom. The summed E-state index contributed by atoms with van der Waals surface area (Å²) in [5, 5.41) is 12.0. The number of nitrogens with one attached hydrogen (secondary N) is 1. The van der Waals surface area contributed by atoms with Crippen LogP contribution in [0, 0.1) is 17.2 Å². The fourth-order valence-electron chi connectivity index (χ4n) is 3.05. The molecule has 0 saturated carbocycles. The van der Waals surface area contributed by atoms with Gasteiger partial charge >= 0.3 is 5.97 Å². The Labute approximate surface area is 213 Å². The minimum absolute atomic E-state index is 0.0190. The van der Waals surface area contributed by atoms with Gasteiger partial charge in [0.05, 0.1) is 13.7 Å². The van der Waals surface area contributed by atoms with Crippen molar-refractivity contribution in [2.75, 3.05) is 20.3 Å². The molecule has 0 radical (unpaired) electrons. The second-order valence-corrected chi connectivity index (χ2v) is 8.54. The maximum atomic E-state index is 12.3. The Balaban J connectivity index is 1.97. The lowest BCUT2D eigenvalue weighted by Crippen LogP contribution is -2.25. The van der Waals surface area contributed by atoms with Gasteiger partial charge in [0.15, 0.2) is 11.5 Å². The summed E-state index contributed by atoms with van der Waals surface area (Å²) in [5.74, 6) is 1.20. The molecule has 0 aliphatic carbocycles. The Kier molecular flexibility index (Phi) is 11.8. The summed E-state index contributed by atoms with van der Waals surface area (Å²) in [6.07, 6.45) is 7.21. The molecule has 0 saturated heterocycles. The smallest absolute Gasteiger partial charge is 0.336 e. The molecule has 2 aromatic carbocycles. The average molecular weight is 491 g/mol. The second kappa shape index (κ2) is 15.0. The van der Waals surface area contributed by atoms with Gasteiger partial charge in [0, 0.05) is 12.6 Å². The monoisotopic (exact) mass is 490 g/mol. The molecule has 2 aromatic rings. The van der Waals surface area contributed by atoms with E-state index in [2.05, 4.69) is 19.2 Å². The first-order valence-corrected chi connectivity index (χ1v) is 12.1. The number of hydrogen-bond donors (Lipinski definition) is 1. The number of carbonyl (C=O) groups excluding carboxylic acids is 2. The summed E-state index contributed by atoms with van der Waals surface area (Å²) < 4.78 is 16.5. The Bertz CT molecular complexity index is 1110. The molecule has 0 bridgehead atoms. The number of unbranched alkanes of at least 4 members (excludes halogenated alkanes) is 1. The van der Waals surface area contributed by atoms with Crippen molar-refractivity contribution < 1.29 is 23.8 Å². The van der Waals surface area contributed by atoms with Crippen molar-refractivity contribution >= 4 is 24.0 Å². The highest BCUT2D eigenvalue weighted by Crippen LogP contribution is 2.29. The van der Waals surface area contributed by atoms with Gasteiger partial charge in [-0.25, -0.2) is 4.79 Å². The maximum absolute atomic E-state index is 12.3. The maximum Gasteiger partial charge on any atom is 0.336 e. The Morgan fingerprint density at radius 1 is 1.08 bits per heavy atom. The highest BCUT2D eigenvalue weighted by molar-refractivity contribution is 6.01. The number of methoxy groups -OCH3 is 1. The zero-order valence-electron chi connectivity index (χ0n) is 21.4. The molecular formula is C29H34N2O5. The number of esters is 1. The van der Waals surface area contributed by atoms with Crippen molar-refractivity contribution in [3.05, 3.63) is 65.2 Å². The summed E-state index contributed by atoms with van der Waals surface area (Å²) in [4.78, 5) is 24.4. The lowest BCUT2D eigenvalue weighted by Gasteiger charge is -2.12. The predicted molar refractivity (Wildman–Crippen MR) is 141 cm³/mol. The summed E-state index contributed by atoms with van der Waals surface area (Å²) in [6.45, 7) is 7.43. The summed E-state index contributed by atoms with van der Waals surface area (Å²) in [7, 11) is 1.57. The van der Waals surface area contributed by atoms with Crippen LogP contribution in [0.15, 0.2) is 54.1 Å². The number of amides is 1. The van der Waals surface area contributed by atoms with Gasteiger partial charge in [0.1, 0.15) is 17.4 Å². The number of nitriles is 1. The number of carbonyl (C=O) groups is 2. The zero-order chi connectivity index (χ0) is 26.3. The van der Waals surface area contributed by atoms with E-state index in [9.17, 15) is 14.9 Å². The van der Waals surface area contributed by atoms with Crippen LogP contribution in [-0.2, 0) is 9.59 Å². The van der Waals surface area contributed by atoms with E-state index in [1.807, 2.05) is 25.1 Å². The highest BCUT2D eigenvalue weighted by Gasteiger charge is 2.09. The van der Waals surface area contributed by atoms with E-state index >= 15 is 0 Å². The van der Waals surface area contributed by atoms with E-state index in [0.29, 0.717) is 41.9 Å². The SMILES string of the molecule is CCCCNC(=O)/C(C#N)=C/c1ccc(OC(=O)/C=C/c2ccc(OCCC(C)C)c(OC)c2)cc1. The fraction of sp³-hybridized carbons (Fsp3) is 0.345. The van der Waals surface area contributed by atoms with Crippen LogP contribution < -0.4 is 19.5 Å². The molecule has 0 atom stereocenters. The van der Waals surface area contributed by atoms with Crippen molar-refractivity contribution in [1.29, 1.82) is 5.26 Å². The molecule has 0 spiro atoms. The van der Waals surface area contributed by atoms with Crippen LogP contribution in [0.2, 0.25) is 0 Å². The minimum Gasteiger partial charge on any atom is -0.493 e. The van der Waals surface area contributed by atoms with E-state index in [1.54, 1.807) is 43.5 Å². The molecule has 36 heavy (non-hydrogen) atoms. The molecule has 0 unspecified atom stereocenters. The van der Waals surface area contributed by atoms with Crippen LogP contribution in [0.25, 0.3) is 12.2 Å². The van der Waals surface area contributed by atoms with Crippen molar-refractivity contribution in [2.24, 2.45) is 5.92 Å². The van der Waals surface area contributed by atoms with Crippen LogP contribution in [0.1, 0.15) is 51.2 Å². The van der Waals surface area contributed by atoms with E-state index in [0.717, 1.165) is 24.8 Å². The van der Waals surface area contributed by atoms with Gasteiger partial charge in [0.2, 0.25) is 0 Å². The average Bonchev–Trinajstić information content (AvgIpc) is 2.87. The van der Waals surface area contributed by atoms with Crippen molar-refractivity contribution in [1.82, 2.24) is 5.32 Å². The van der Waals surface area contributed by atoms with Crippen LogP contribution in [0.5, 0.6) is 17.2 Å². The minimum atomic E-state index is -0.539. The third-order valence-corrected chi connectivity index (χ3v) is 5.14. The fourth-order valence-corrected chi connectivity index (χ4v) is 3.05. The standard InChI is InChI=1S/C29H34N2O5/c1-5-6-16-31-29(33)24(20-30)18-22-7-11-25(12-8-22)36-28(32)14-10-23-9-13-26(27(19-23)34-4)35-17-15-21(2)3/h7-14,18-19,21H,5-6,15-17H2,1-4H3,(H,31,33)/b14-10+,24-18+. The van der Waals surface area contributed by atoms with Crippen LogP contribution >= 0.6 is 0 Å². The molecule has 190 valence electrons. The molecule has 1 amide bonds. The van der Waals surface area contributed by atoms with Gasteiger partial charge in [-0.3, -0.25) is 4.79 Å². The molecule has 0 fully saturated rings. The number of nitrogens with zero attached hydrogens (tertiary/aromatic N) is 1. The van der Waals surface area contributed by atoms with E-state index in [1.165, 1.54) is 12.2 Å². The van der Waals surface area contributed by atoms with Gasteiger partial charge in [-0.1, -0.05) is 45.4 Å². The first kappa shape index (κ1) is 28.2. The molecule has 2 rings (SSSR count). The van der Waals surface area contributed by atoms with Crippen molar-refractivity contribution in [3.8, 4) is 23.3 Å². The zero-order valence-corrected chi connectivity index (χ0v) is 21.4. The van der Waals surface area contributed by atoms with Crippen LogP contribution in [0.3, 0.4) is 0 Å². The summed E-state index contributed by atoms with van der Waals surface area (Å²) in [6, 6.07) is 13.9. The van der Waals surface area contributed by atoms with Gasteiger partial charge in [-0.15, -0.1) is 0 Å². The molecule has 0 aliphatic heterocycles. The molecule has 0 aliphatic rings. The highest BCUT2D eigenvalue weighted by atomic mass is 16.5. The normalized spacial score (nSPS) is 11.3. The predicted octanol–water partition coefficient (Wildman–Crippen LogP) is 5.56. The first-order chi connectivity index (χ1) is 17.4. The van der Waals surface area contributed by atoms with Gasteiger partial charge in [-0.05, 0) is 66.3 Å². The molecule has 0 aromatic heterocycles. The molecule has 0 heterocycles. The topological polar surface area (TPSA) is 97.7 Å². The van der Waals surface area contributed by atoms with Crippen LogP contribution in [-0.4, -0.2) is 32.1 Å². The number of hydrogen-bond acceptors (Lipinski definition) is 6. The molecule has 7 heteroatoms. The summed E-state index contributed by atoms with van der Waals surface area (Å²) >= 11 is 0. The van der Waals surface area contributed by atoms with Crippen molar-refractivity contribution in [2.45, 2.75) is 40.0 Å². The second-order valence-electron chi connectivity index (χ2n) is 8.54. The number of ether oxygens (including phenoxy) is 3. The van der Waals surface area contributed by atoms with E-state index < -0.39 is 11.9 Å². The van der Waals surface area contributed by atoms with Crippen LogP contribution in [0.4, 0.5) is 0 Å². The van der Waals surface area contributed by atoms with Gasteiger partial charge in [-0.2, -0.15) is 5.26 Å². The quantitative estimate of drug-likeness (QED) is 0.130. The van der Waals surface area contributed by atoms with E-state index in [4.69, 9.17) is 14.2 Å². The number of rotatable bonds is 13. The lowest BCUT2D eigenvalue weighted by atomic mass is 10.1. The molecule has 1 N–H and O–H groups in total. The lowest BCUT2D eigenvalue weighted by molar-refractivity contribution is -0.128. The largest absolute Gasteiger partial charge is 0.493 e. The first-order valence-electron chi connectivity index (χ1n) is 12.1. The van der Waals surface area contributed by atoms with Gasteiger partial charge < -0.3 is 19.5 Å². The summed E-state index contributed by atoms with van der Waals surface area (Å²) in [5.41, 5.74) is 1.43.